The van der Waals surface area contributed by atoms with Gasteiger partial charge in [-0.25, -0.2) is 0 Å². The molecule has 1 unspecified atom stereocenters. The predicted octanol–water partition coefficient (Wildman–Crippen LogP) is 5.37. The summed E-state index contributed by atoms with van der Waals surface area (Å²) in [6.45, 7) is 2.81. The van der Waals surface area contributed by atoms with Crippen LogP contribution in [0.5, 0.6) is 11.5 Å². The average molecular weight is 707 g/mol. The number of hydrogen-bond acceptors (Lipinski definition) is 6. The van der Waals surface area contributed by atoms with Crippen molar-refractivity contribution in [3.8, 4) is 11.5 Å². The van der Waals surface area contributed by atoms with Crippen LogP contribution in [-0.4, -0.2) is 62.3 Å². The molecular weight excluding hydrogens is 667 g/mol. The van der Waals surface area contributed by atoms with Crippen LogP contribution in [0.1, 0.15) is 37.0 Å². The summed E-state index contributed by atoms with van der Waals surface area (Å²) >= 11 is 12.1. The number of Topliss-reactive ketones (excluding diaryl/α,β-unsaturated/α-hetero) is 1. The van der Waals surface area contributed by atoms with E-state index in [9.17, 15) is 19.2 Å². The van der Waals surface area contributed by atoms with Gasteiger partial charge in [0.1, 0.15) is 6.04 Å². The van der Waals surface area contributed by atoms with Gasteiger partial charge in [-0.2, -0.15) is 8.78 Å². The van der Waals surface area contributed by atoms with E-state index in [0.717, 1.165) is 11.1 Å². The number of hydrogen-bond donors (Lipinski definition) is 3. The van der Waals surface area contributed by atoms with Crippen LogP contribution < -0.4 is 25.4 Å². The molecule has 258 valence electrons. The minimum Gasteiger partial charge on any atom is -0.493 e. The number of ketones is 1. The van der Waals surface area contributed by atoms with Crippen molar-refractivity contribution >= 4 is 46.7 Å². The van der Waals surface area contributed by atoms with Crippen molar-refractivity contribution in [2.75, 3.05) is 20.8 Å². The highest BCUT2D eigenvalue weighted by Crippen LogP contribution is 2.28. The Kier molecular flexibility index (Phi) is 14.2. The van der Waals surface area contributed by atoms with Crippen molar-refractivity contribution in [3.05, 3.63) is 93.5 Å². The second-order valence-electron chi connectivity index (χ2n) is 11.4. The SMILES string of the molecule is COc1ccc(CC(NC(=O)CCc2ccc(Cl)c(Cl)c2)C(=O)N[C@H](C(=O)C(F)(F)C(=O)NCCc2ccccc2)C(C)C)cc1OC. The van der Waals surface area contributed by atoms with Gasteiger partial charge < -0.3 is 25.4 Å². The first-order chi connectivity index (χ1) is 22.8. The van der Waals surface area contributed by atoms with Crippen LogP contribution in [0.15, 0.2) is 66.7 Å². The van der Waals surface area contributed by atoms with E-state index in [1.54, 1.807) is 66.7 Å². The topological polar surface area (TPSA) is 123 Å². The zero-order chi connectivity index (χ0) is 35.4. The molecule has 0 aliphatic heterocycles. The van der Waals surface area contributed by atoms with Crippen molar-refractivity contribution in [1.82, 2.24) is 16.0 Å². The molecule has 0 saturated carbocycles. The number of carbonyl (C=O) groups excluding carboxylic acids is 4. The quantitative estimate of drug-likeness (QED) is 0.162. The zero-order valence-electron chi connectivity index (χ0n) is 27.1. The number of halogens is 4. The van der Waals surface area contributed by atoms with Gasteiger partial charge in [0.2, 0.25) is 17.6 Å². The van der Waals surface area contributed by atoms with Crippen molar-refractivity contribution in [2.45, 2.75) is 57.5 Å². The second kappa shape index (κ2) is 17.8. The van der Waals surface area contributed by atoms with E-state index >= 15 is 8.78 Å². The first kappa shape index (κ1) is 38.2. The maximum absolute atomic E-state index is 15.2. The molecule has 0 aliphatic rings. The molecule has 0 saturated heterocycles. The number of ether oxygens (including phenoxy) is 2. The van der Waals surface area contributed by atoms with Crippen LogP contribution >= 0.6 is 23.2 Å². The number of carbonyl (C=O) groups is 4. The van der Waals surface area contributed by atoms with Crippen LogP contribution in [0, 0.1) is 5.92 Å². The fourth-order valence-electron chi connectivity index (χ4n) is 4.84. The van der Waals surface area contributed by atoms with E-state index in [1.165, 1.54) is 28.1 Å². The molecule has 0 radical (unpaired) electrons. The number of alkyl halides is 2. The summed E-state index contributed by atoms with van der Waals surface area (Å²) < 4.78 is 41.0. The van der Waals surface area contributed by atoms with E-state index in [1.807, 2.05) is 0 Å². The number of methoxy groups -OCH3 is 2. The Morgan fingerprint density at radius 1 is 0.792 bits per heavy atom. The molecule has 0 heterocycles. The van der Waals surface area contributed by atoms with Crippen molar-refractivity contribution in [1.29, 1.82) is 0 Å². The molecule has 0 bridgehead atoms. The number of aryl methyl sites for hydroxylation is 1. The second-order valence-corrected chi connectivity index (χ2v) is 12.2. The number of rotatable bonds is 17. The Bertz CT molecular complexity index is 1590. The summed E-state index contributed by atoms with van der Waals surface area (Å²) in [6, 6.07) is 15.7. The standard InChI is InChI=1S/C35H39Cl2F2N3O6/c1-21(2)31(32(44)35(38,39)34(46)40-17-16-22-8-6-5-7-9-22)42-33(45)27(19-24-11-14-28(47-3)29(20-24)48-4)41-30(43)15-12-23-10-13-25(36)26(37)18-23/h5-11,13-14,18,20-21,27,31H,12,15-17,19H2,1-4H3,(H,40,46)(H,41,43)(H,42,45)/t27?,31-/m0/s1. The predicted molar refractivity (Wildman–Crippen MR) is 180 cm³/mol. The molecule has 3 rings (SSSR count). The van der Waals surface area contributed by atoms with Gasteiger partial charge in [0, 0.05) is 19.4 Å². The lowest BCUT2D eigenvalue weighted by atomic mass is 9.94. The molecule has 3 aromatic rings. The van der Waals surface area contributed by atoms with Gasteiger partial charge in [0.15, 0.2) is 11.5 Å². The highest BCUT2D eigenvalue weighted by Gasteiger charge is 2.51. The van der Waals surface area contributed by atoms with Gasteiger partial charge in [-0.3, -0.25) is 19.2 Å². The molecule has 3 aromatic carbocycles. The lowest BCUT2D eigenvalue weighted by Crippen LogP contribution is -2.59. The summed E-state index contributed by atoms with van der Waals surface area (Å²) in [6.07, 6.45) is 0.428. The monoisotopic (exact) mass is 705 g/mol. The molecule has 0 aromatic heterocycles. The number of nitrogens with one attached hydrogen (secondary N) is 3. The van der Waals surface area contributed by atoms with Crippen LogP contribution in [0.25, 0.3) is 0 Å². The minimum absolute atomic E-state index is 0.0402. The van der Waals surface area contributed by atoms with E-state index in [2.05, 4.69) is 16.0 Å². The Labute approximate surface area is 288 Å². The Hall–Kier alpha value is -4.22. The maximum atomic E-state index is 15.2. The summed E-state index contributed by atoms with van der Waals surface area (Å²) in [5, 5.41) is 7.83. The van der Waals surface area contributed by atoms with Crippen molar-refractivity contribution in [3.63, 3.8) is 0 Å². The number of benzene rings is 3. The molecule has 2 atom stereocenters. The van der Waals surface area contributed by atoms with Crippen LogP contribution in [0.2, 0.25) is 10.0 Å². The molecule has 0 aliphatic carbocycles. The summed E-state index contributed by atoms with van der Waals surface area (Å²) in [5.74, 6) is -9.38. The zero-order valence-corrected chi connectivity index (χ0v) is 28.6. The Morgan fingerprint density at radius 3 is 2.08 bits per heavy atom. The molecule has 0 spiro atoms. The third-order valence-electron chi connectivity index (χ3n) is 7.55. The van der Waals surface area contributed by atoms with E-state index in [0.29, 0.717) is 27.1 Å². The van der Waals surface area contributed by atoms with Crippen molar-refractivity contribution < 1.29 is 37.4 Å². The largest absolute Gasteiger partial charge is 0.493 e. The third kappa shape index (κ3) is 10.6. The maximum Gasteiger partial charge on any atom is 0.383 e. The molecule has 0 fully saturated rings. The summed E-state index contributed by atoms with van der Waals surface area (Å²) in [5.41, 5.74) is 2.10. The first-order valence-electron chi connectivity index (χ1n) is 15.3. The first-order valence-corrected chi connectivity index (χ1v) is 16.0. The summed E-state index contributed by atoms with van der Waals surface area (Å²) in [7, 11) is 2.90. The molecule has 13 heteroatoms. The Morgan fingerprint density at radius 2 is 1.46 bits per heavy atom. The van der Waals surface area contributed by atoms with Gasteiger partial charge in [0.05, 0.1) is 30.3 Å². The van der Waals surface area contributed by atoms with E-state index in [-0.39, 0.29) is 32.2 Å². The average Bonchev–Trinajstić information content (AvgIpc) is 3.07. The van der Waals surface area contributed by atoms with Gasteiger partial charge in [-0.15, -0.1) is 0 Å². The summed E-state index contributed by atoms with van der Waals surface area (Å²) in [4.78, 5) is 52.3. The van der Waals surface area contributed by atoms with Crippen molar-refractivity contribution in [2.24, 2.45) is 5.92 Å². The lowest BCUT2D eigenvalue weighted by Gasteiger charge is -2.27. The third-order valence-corrected chi connectivity index (χ3v) is 8.29. The van der Waals surface area contributed by atoms with E-state index < -0.39 is 47.4 Å². The fourth-order valence-corrected chi connectivity index (χ4v) is 5.16. The number of amides is 3. The smallest absolute Gasteiger partial charge is 0.383 e. The minimum atomic E-state index is -4.43. The molecule has 3 N–H and O–H groups in total. The fraction of sp³-hybridized carbons (Fsp3) is 0.371. The Balaban J connectivity index is 1.77. The molecule has 48 heavy (non-hydrogen) atoms. The van der Waals surface area contributed by atoms with Gasteiger partial charge >= 0.3 is 5.92 Å². The molecule has 3 amide bonds. The van der Waals surface area contributed by atoms with Crippen LogP contribution in [-0.2, 0) is 38.4 Å². The van der Waals surface area contributed by atoms with Gasteiger partial charge in [-0.1, -0.05) is 79.5 Å². The van der Waals surface area contributed by atoms with Gasteiger partial charge in [0.25, 0.3) is 5.91 Å². The van der Waals surface area contributed by atoms with Crippen LogP contribution in [0.3, 0.4) is 0 Å². The van der Waals surface area contributed by atoms with Crippen LogP contribution in [0.4, 0.5) is 8.78 Å². The molecular formula is C35H39Cl2F2N3O6. The normalized spacial score (nSPS) is 12.5. The lowest BCUT2D eigenvalue weighted by molar-refractivity contribution is -0.161. The highest BCUT2D eigenvalue weighted by atomic mass is 35.5. The van der Waals surface area contributed by atoms with Gasteiger partial charge in [-0.05, 0) is 59.7 Å². The van der Waals surface area contributed by atoms with E-state index in [4.69, 9.17) is 32.7 Å². The molecule has 9 nitrogen and oxygen atoms in total. The highest BCUT2D eigenvalue weighted by molar-refractivity contribution is 6.42.